The molecule has 2 aromatic heterocycles. The van der Waals surface area contributed by atoms with Gasteiger partial charge >= 0.3 is 0 Å². The Balaban J connectivity index is 0.00000280. The average Bonchev–Trinajstić information content (AvgIpc) is 3.14. The van der Waals surface area contributed by atoms with E-state index >= 15 is 0 Å². The Morgan fingerprint density at radius 3 is 2.82 bits per heavy atom. The standard InChI is InChI=1S/C20H24N4O2S.HI/c1-3-21-20(23-12-15-8-6-10-22-19(15)26-2)24-13-16(25)18-11-14-7-4-5-9-17(14)27-18;/h4-11,16,25H,3,12-13H2,1-2H3,(H2,21,23,24);1H. The summed E-state index contributed by atoms with van der Waals surface area (Å²) in [5.41, 5.74) is 0.905. The fourth-order valence-corrected chi connectivity index (χ4v) is 3.75. The van der Waals surface area contributed by atoms with E-state index < -0.39 is 6.10 Å². The first-order valence-electron chi connectivity index (χ1n) is 8.88. The van der Waals surface area contributed by atoms with Crippen LogP contribution in [0.4, 0.5) is 0 Å². The van der Waals surface area contributed by atoms with Crippen molar-refractivity contribution in [3.63, 3.8) is 0 Å². The van der Waals surface area contributed by atoms with Crippen molar-refractivity contribution in [3.8, 4) is 5.88 Å². The second kappa shape index (κ2) is 11.2. The van der Waals surface area contributed by atoms with Crippen LogP contribution in [0.1, 0.15) is 23.5 Å². The average molecular weight is 512 g/mol. The molecule has 6 nitrogen and oxygen atoms in total. The molecule has 0 spiro atoms. The van der Waals surface area contributed by atoms with Crippen LogP contribution < -0.4 is 15.4 Å². The van der Waals surface area contributed by atoms with Crippen molar-refractivity contribution < 1.29 is 9.84 Å². The first-order valence-corrected chi connectivity index (χ1v) is 9.69. The summed E-state index contributed by atoms with van der Waals surface area (Å²) in [5.74, 6) is 1.21. The molecule has 8 heteroatoms. The van der Waals surface area contributed by atoms with E-state index in [4.69, 9.17) is 4.74 Å². The van der Waals surface area contributed by atoms with Crippen LogP contribution in [0.25, 0.3) is 10.1 Å². The summed E-state index contributed by atoms with van der Waals surface area (Å²) >= 11 is 1.61. The van der Waals surface area contributed by atoms with Crippen molar-refractivity contribution in [2.24, 2.45) is 4.99 Å². The van der Waals surface area contributed by atoms with Gasteiger partial charge in [0.2, 0.25) is 5.88 Å². The number of hydrogen-bond donors (Lipinski definition) is 3. The van der Waals surface area contributed by atoms with Crippen LogP contribution >= 0.6 is 35.3 Å². The van der Waals surface area contributed by atoms with Gasteiger partial charge in [-0.25, -0.2) is 9.98 Å². The molecule has 1 aromatic carbocycles. The number of rotatable bonds is 7. The van der Waals surface area contributed by atoms with Crippen molar-refractivity contribution in [2.45, 2.75) is 19.6 Å². The number of fused-ring (bicyclic) bond motifs is 1. The lowest BCUT2D eigenvalue weighted by Gasteiger charge is -2.14. The largest absolute Gasteiger partial charge is 0.481 e. The molecule has 1 atom stereocenters. The van der Waals surface area contributed by atoms with Gasteiger partial charge in [-0.1, -0.05) is 24.3 Å². The number of guanidine groups is 1. The van der Waals surface area contributed by atoms with E-state index in [0.717, 1.165) is 22.4 Å². The molecule has 0 radical (unpaired) electrons. The predicted octanol–water partition coefficient (Wildman–Crippen LogP) is 3.71. The van der Waals surface area contributed by atoms with Crippen molar-refractivity contribution in [1.82, 2.24) is 15.6 Å². The van der Waals surface area contributed by atoms with Gasteiger partial charge < -0.3 is 20.5 Å². The zero-order chi connectivity index (χ0) is 19.1. The predicted molar refractivity (Wildman–Crippen MR) is 126 cm³/mol. The Labute approximate surface area is 186 Å². The van der Waals surface area contributed by atoms with Gasteiger partial charge in [-0.15, -0.1) is 35.3 Å². The highest BCUT2D eigenvalue weighted by Gasteiger charge is 2.12. The van der Waals surface area contributed by atoms with E-state index in [2.05, 4.69) is 32.7 Å². The van der Waals surface area contributed by atoms with E-state index in [0.29, 0.717) is 24.9 Å². The van der Waals surface area contributed by atoms with Crippen LogP contribution in [0, 0.1) is 0 Å². The summed E-state index contributed by atoms with van der Waals surface area (Å²) in [6, 6.07) is 14.0. The fourth-order valence-electron chi connectivity index (χ4n) is 2.69. The summed E-state index contributed by atoms with van der Waals surface area (Å²) in [7, 11) is 1.60. The molecule has 28 heavy (non-hydrogen) atoms. The van der Waals surface area contributed by atoms with Gasteiger partial charge in [-0.2, -0.15) is 0 Å². The molecule has 0 bridgehead atoms. The van der Waals surface area contributed by atoms with E-state index in [1.54, 1.807) is 24.6 Å². The van der Waals surface area contributed by atoms with E-state index in [1.807, 2.05) is 37.3 Å². The third kappa shape index (κ3) is 5.79. The van der Waals surface area contributed by atoms with E-state index in [-0.39, 0.29) is 24.0 Å². The van der Waals surface area contributed by atoms with Gasteiger partial charge in [0.15, 0.2) is 5.96 Å². The van der Waals surface area contributed by atoms with E-state index in [1.165, 1.54) is 4.70 Å². The van der Waals surface area contributed by atoms with E-state index in [9.17, 15) is 5.11 Å². The molecule has 2 heterocycles. The van der Waals surface area contributed by atoms with Crippen LogP contribution in [0.2, 0.25) is 0 Å². The number of aliphatic hydroxyl groups is 1. The number of aliphatic imine (C=N–C) groups is 1. The molecule has 0 aliphatic carbocycles. The first-order chi connectivity index (χ1) is 13.2. The monoisotopic (exact) mass is 512 g/mol. The topological polar surface area (TPSA) is 78.8 Å². The van der Waals surface area contributed by atoms with Gasteiger partial charge in [0.25, 0.3) is 0 Å². The number of halogens is 1. The lowest BCUT2D eigenvalue weighted by Crippen LogP contribution is -2.39. The second-order valence-corrected chi connectivity index (χ2v) is 7.07. The molecule has 3 N–H and O–H groups in total. The summed E-state index contributed by atoms with van der Waals surface area (Å²) in [6.07, 6.45) is 1.09. The van der Waals surface area contributed by atoms with Crippen LogP contribution in [0.3, 0.4) is 0 Å². The summed E-state index contributed by atoms with van der Waals surface area (Å²) < 4.78 is 6.44. The van der Waals surface area contributed by atoms with Gasteiger partial charge in [0.1, 0.15) is 6.10 Å². The molecule has 0 amide bonds. The quantitative estimate of drug-likeness (QED) is 0.256. The number of hydrogen-bond acceptors (Lipinski definition) is 5. The lowest BCUT2D eigenvalue weighted by atomic mass is 10.2. The molecular weight excluding hydrogens is 487 g/mol. The number of pyridine rings is 1. The summed E-state index contributed by atoms with van der Waals surface area (Å²) in [6.45, 7) is 3.55. The highest BCUT2D eigenvalue weighted by molar-refractivity contribution is 14.0. The van der Waals surface area contributed by atoms with Gasteiger partial charge in [0, 0.05) is 34.4 Å². The Kier molecular flexibility index (Phi) is 8.94. The Morgan fingerprint density at radius 2 is 2.07 bits per heavy atom. The van der Waals surface area contributed by atoms with Crippen molar-refractivity contribution in [1.29, 1.82) is 0 Å². The Bertz CT molecular complexity index is 883. The maximum absolute atomic E-state index is 10.5. The number of thiophene rings is 1. The molecule has 0 saturated heterocycles. The number of benzene rings is 1. The first kappa shape index (κ1) is 22.4. The summed E-state index contributed by atoms with van der Waals surface area (Å²) in [4.78, 5) is 9.69. The van der Waals surface area contributed by atoms with Crippen molar-refractivity contribution >= 4 is 51.4 Å². The Hall–Kier alpha value is -1.91. The molecule has 0 aliphatic rings. The molecule has 3 rings (SSSR count). The number of methoxy groups -OCH3 is 1. The van der Waals surface area contributed by atoms with Crippen molar-refractivity contribution in [3.05, 3.63) is 59.1 Å². The maximum atomic E-state index is 10.5. The molecular formula is C20H25IN4O2S. The molecule has 150 valence electrons. The third-order valence-corrected chi connectivity index (χ3v) is 5.25. The van der Waals surface area contributed by atoms with Crippen LogP contribution in [0.15, 0.2) is 53.7 Å². The number of aliphatic hydroxyl groups excluding tert-OH is 1. The number of nitrogens with one attached hydrogen (secondary N) is 2. The highest BCUT2D eigenvalue weighted by atomic mass is 127. The highest BCUT2D eigenvalue weighted by Crippen LogP contribution is 2.29. The smallest absolute Gasteiger partial charge is 0.218 e. The van der Waals surface area contributed by atoms with Crippen LogP contribution in [-0.4, -0.2) is 36.2 Å². The lowest BCUT2D eigenvalue weighted by molar-refractivity contribution is 0.184. The minimum Gasteiger partial charge on any atom is -0.481 e. The number of aromatic nitrogens is 1. The normalized spacial score (nSPS) is 12.3. The molecule has 0 fully saturated rings. The third-order valence-electron chi connectivity index (χ3n) is 4.03. The second-order valence-electron chi connectivity index (χ2n) is 5.95. The summed E-state index contributed by atoms with van der Waals surface area (Å²) in [5, 5.41) is 18.1. The van der Waals surface area contributed by atoms with Crippen molar-refractivity contribution in [2.75, 3.05) is 20.2 Å². The van der Waals surface area contributed by atoms with Gasteiger partial charge in [-0.3, -0.25) is 0 Å². The van der Waals surface area contributed by atoms with Crippen LogP contribution in [0.5, 0.6) is 5.88 Å². The Morgan fingerprint density at radius 1 is 1.25 bits per heavy atom. The molecule has 0 saturated carbocycles. The SMILES string of the molecule is CCNC(=NCc1cccnc1OC)NCC(O)c1cc2ccccc2s1.I. The van der Waals surface area contributed by atoms with Gasteiger partial charge in [-0.05, 0) is 30.5 Å². The minimum absolute atomic E-state index is 0. The minimum atomic E-state index is -0.598. The molecule has 1 unspecified atom stereocenters. The fraction of sp³-hybridized carbons (Fsp3) is 0.300. The number of nitrogens with zero attached hydrogens (tertiary/aromatic N) is 2. The number of ether oxygens (including phenoxy) is 1. The zero-order valence-electron chi connectivity index (χ0n) is 15.9. The zero-order valence-corrected chi connectivity index (χ0v) is 19.0. The maximum Gasteiger partial charge on any atom is 0.218 e. The van der Waals surface area contributed by atoms with Gasteiger partial charge in [0.05, 0.1) is 13.7 Å². The molecule has 3 aromatic rings. The van der Waals surface area contributed by atoms with Crippen LogP contribution in [-0.2, 0) is 6.54 Å². The molecule has 0 aliphatic heterocycles.